The molecular weight excluding hydrogens is 370 g/mol. The zero-order chi connectivity index (χ0) is 20.9. The van der Waals surface area contributed by atoms with E-state index >= 15 is 0 Å². The molecule has 1 N–H and O–H groups in total. The number of carbonyl (C=O) groups excluding carboxylic acids is 1. The number of carbonyl (C=O) groups is 1. The van der Waals surface area contributed by atoms with E-state index in [1.54, 1.807) is 18.2 Å². The Morgan fingerprint density at radius 1 is 1.23 bits per heavy atom. The number of anilines is 1. The Balaban J connectivity index is 1.21. The number of hydrogen-bond acceptors (Lipinski definition) is 3. The van der Waals surface area contributed by atoms with Gasteiger partial charge in [-0.05, 0) is 66.3 Å². The van der Waals surface area contributed by atoms with Crippen LogP contribution in [0.5, 0.6) is 0 Å². The van der Waals surface area contributed by atoms with E-state index in [0.29, 0.717) is 0 Å². The van der Waals surface area contributed by atoms with Gasteiger partial charge in [-0.1, -0.05) is 36.9 Å². The van der Waals surface area contributed by atoms with Crippen molar-refractivity contribution in [3.05, 3.63) is 85.3 Å². The number of hydrogen-bond donors (Lipinski definition) is 1. The second-order valence-electron chi connectivity index (χ2n) is 8.11. The highest BCUT2D eigenvalue weighted by molar-refractivity contribution is 5.88. The van der Waals surface area contributed by atoms with Gasteiger partial charge in [0.2, 0.25) is 5.91 Å². The third-order valence-corrected chi connectivity index (χ3v) is 6.28. The van der Waals surface area contributed by atoms with Crippen LogP contribution in [-0.4, -0.2) is 30.5 Å². The van der Waals surface area contributed by atoms with E-state index in [-0.39, 0.29) is 5.91 Å². The minimum absolute atomic E-state index is 0.0404. The SMILES string of the molecule is C=CC(/C=C/C(=O)NCCC1[C@H]2CN(c3ccc4cnccc4c3)C[C@@H]12)=C\C=C/C. The molecule has 2 aliphatic rings. The molecule has 1 aliphatic carbocycles. The van der Waals surface area contributed by atoms with Crippen molar-refractivity contribution in [2.24, 2.45) is 17.8 Å². The highest BCUT2D eigenvalue weighted by Gasteiger charge is 2.54. The van der Waals surface area contributed by atoms with Gasteiger partial charge in [0, 0.05) is 49.2 Å². The number of aromatic nitrogens is 1. The largest absolute Gasteiger partial charge is 0.371 e. The lowest BCUT2D eigenvalue weighted by molar-refractivity contribution is -0.116. The van der Waals surface area contributed by atoms with Crippen LogP contribution in [0.1, 0.15) is 13.3 Å². The molecule has 1 saturated carbocycles. The van der Waals surface area contributed by atoms with Crippen LogP contribution in [0.25, 0.3) is 10.8 Å². The third-order valence-electron chi connectivity index (χ3n) is 6.28. The molecule has 0 bridgehead atoms. The van der Waals surface area contributed by atoms with Gasteiger partial charge in [-0.2, -0.15) is 0 Å². The zero-order valence-electron chi connectivity index (χ0n) is 17.5. The Morgan fingerprint density at radius 3 is 2.83 bits per heavy atom. The van der Waals surface area contributed by atoms with Crippen molar-refractivity contribution in [1.82, 2.24) is 10.3 Å². The van der Waals surface area contributed by atoms with E-state index < -0.39 is 0 Å². The Hall–Kier alpha value is -3.14. The van der Waals surface area contributed by atoms with Crippen LogP contribution < -0.4 is 10.2 Å². The summed E-state index contributed by atoms with van der Waals surface area (Å²) in [7, 11) is 0. The number of rotatable bonds is 8. The van der Waals surface area contributed by atoms with Crippen LogP contribution in [0.2, 0.25) is 0 Å². The summed E-state index contributed by atoms with van der Waals surface area (Å²) in [4.78, 5) is 18.7. The molecule has 154 valence electrons. The lowest BCUT2D eigenvalue weighted by Gasteiger charge is -2.22. The van der Waals surface area contributed by atoms with Gasteiger partial charge in [0.15, 0.2) is 0 Å². The summed E-state index contributed by atoms with van der Waals surface area (Å²) in [6, 6.07) is 8.71. The van der Waals surface area contributed by atoms with E-state index in [2.05, 4.69) is 46.0 Å². The van der Waals surface area contributed by atoms with Crippen LogP contribution in [0, 0.1) is 17.8 Å². The van der Waals surface area contributed by atoms with Crippen LogP contribution in [0.3, 0.4) is 0 Å². The maximum absolute atomic E-state index is 12.0. The topological polar surface area (TPSA) is 45.2 Å². The second-order valence-corrected chi connectivity index (χ2v) is 8.11. The maximum Gasteiger partial charge on any atom is 0.243 e. The van der Waals surface area contributed by atoms with Gasteiger partial charge in [-0.25, -0.2) is 0 Å². The lowest BCUT2D eigenvalue weighted by Crippen LogP contribution is -2.26. The Bertz CT molecular complexity index is 1010. The van der Waals surface area contributed by atoms with Gasteiger partial charge in [-0.3, -0.25) is 9.78 Å². The second kappa shape index (κ2) is 9.12. The predicted molar refractivity (Wildman–Crippen MR) is 124 cm³/mol. The fraction of sp³-hybridized carbons (Fsp3) is 0.308. The van der Waals surface area contributed by atoms with Gasteiger partial charge in [0.1, 0.15) is 0 Å². The molecule has 0 spiro atoms. The fourth-order valence-electron chi connectivity index (χ4n) is 4.55. The molecule has 4 heteroatoms. The average Bonchev–Trinajstić information content (AvgIpc) is 3.21. The summed E-state index contributed by atoms with van der Waals surface area (Å²) in [6.07, 6.45) is 15.8. The molecule has 4 nitrogen and oxygen atoms in total. The van der Waals surface area contributed by atoms with E-state index in [1.165, 1.54) is 16.5 Å². The van der Waals surface area contributed by atoms with Crippen molar-refractivity contribution < 1.29 is 4.79 Å². The quantitative estimate of drug-likeness (QED) is 0.518. The molecule has 30 heavy (non-hydrogen) atoms. The van der Waals surface area contributed by atoms with Gasteiger partial charge in [0.25, 0.3) is 0 Å². The van der Waals surface area contributed by atoms with Crippen molar-refractivity contribution in [1.29, 1.82) is 0 Å². The normalized spacial score (nSPS) is 23.3. The molecule has 1 amide bonds. The molecule has 1 unspecified atom stereocenters. The summed E-state index contributed by atoms with van der Waals surface area (Å²) < 4.78 is 0. The molecule has 3 atom stereocenters. The van der Waals surface area contributed by atoms with Gasteiger partial charge >= 0.3 is 0 Å². The number of piperidine rings is 1. The van der Waals surface area contributed by atoms with Gasteiger partial charge in [-0.15, -0.1) is 0 Å². The van der Waals surface area contributed by atoms with Gasteiger partial charge < -0.3 is 10.2 Å². The summed E-state index contributed by atoms with van der Waals surface area (Å²) >= 11 is 0. The van der Waals surface area contributed by atoms with Crippen LogP contribution >= 0.6 is 0 Å². The molecule has 1 aromatic heterocycles. The third kappa shape index (κ3) is 4.54. The van der Waals surface area contributed by atoms with Crippen LogP contribution in [0.4, 0.5) is 5.69 Å². The Morgan fingerprint density at radius 2 is 2.07 bits per heavy atom. The number of allylic oxidation sites excluding steroid dienone is 6. The first-order valence-corrected chi connectivity index (χ1v) is 10.7. The Labute approximate surface area is 178 Å². The summed E-state index contributed by atoms with van der Waals surface area (Å²) in [6.45, 7) is 8.72. The van der Waals surface area contributed by atoms with E-state index in [9.17, 15) is 4.79 Å². The van der Waals surface area contributed by atoms with E-state index in [0.717, 1.165) is 49.4 Å². The Kier molecular flexibility index (Phi) is 6.12. The first-order chi connectivity index (χ1) is 14.7. The number of nitrogens with zero attached hydrogens (tertiary/aromatic N) is 2. The van der Waals surface area contributed by atoms with E-state index in [4.69, 9.17) is 0 Å². The van der Waals surface area contributed by atoms with Crippen LogP contribution in [-0.2, 0) is 4.79 Å². The molecule has 1 saturated heterocycles. The number of pyridine rings is 1. The standard InChI is InChI=1S/C26H29N3O/c1-3-5-6-19(4-2)7-10-26(30)28-14-12-23-24-17-29(18-25(23)24)22-9-8-21-16-27-13-11-20(21)15-22/h3-11,13,15-16,23-25H,2,12,14,17-18H2,1H3,(H,28,30)/b5-3-,10-7+,19-6+/t23?,24-,25+. The maximum atomic E-state index is 12.0. The minimum atomic E-state index is -0.0404. The van der Waals surface area contributed by atoms with Crippen LogP contribution in [0.15, 0.2) is 85.3 Å². The monoisotopic (exact) mass is 399 g/mol. The molecule has 4 rings (SSSR count). The highest BCUT2D eigenvalue weighted by Crippen LogP contribution is 2.54. The van der Waals surface area contributed by atoms with Crippen molar-refractivity contribution >= 4 is 22.4 Å². The summed E-state index contributed by atoms with van der Waals surface area (Å²) in [5.74, 6) is 2.23. The van der Waals surface area contributed by atoms with Crippen molar-refractivity contribution in [3.63, 3.8) is 0 Å². The number of benzene rings is 1. The van der Waals surface area contributed by atoms with Crippen molar-refractivity contribution in [3.8, 4) is 0 Å². The molecule has 0 radical (unpaired) electrons. The number of nitrogens with one attached hydrogen (secondary N) is 1. The molecule has 2 aromatic rings. The van der Waals surface area contributed by atoms with E-state index in [1.807, 2.05) is 37.5 Å². The molecule has 1 aliphatic heterocycles. The lowest BCUT2D eigenvalue weighted by atomic mass is 10.1. The average molecular weight is 400 g/mol. The molecule has 2 fully saturated rings. The predicted octanol–water partition coefficient (Wildman–Crippen LogP) is 4.67. The number of fused-ring (bicyclic) bond motifs is 2. The first kappa shape index (κ1) is 20.1. The number of amides is 1. The van der Waals surface area contributed by atoms with Gasteiger partial charge in [0.05, 0.1) is 0 Å². The molecular formula is C26H29N3O. The van der Waals surface area contributed by atoms with Crippen molar-refractivity contribution in [2.75, 3.05) is 24.5 Å². The highest BCUT2D eigenvalue weighted by atomic mass is 16.1. The zero-order valence-corrected chi connectivity index (χ0v) is 17.5. The summed E-state index contributed by atoms with van der Waals surface area (Å²) in [5, 5.41) is 5.45. The summed E-state index contributed by atoms with van der Waals surface area (Å²) in [5.41, 5.74) is 2.23. The minimum Gasteiger partial charge on any atom is -0.371 e. The fourth-order valence-corrected chi connectivity index (χ4v) is 4.55. The smallest absolute Gasteiger partial charge is 0.243 e. The molecule has 1 aromatic carbocycles. The molecule has 2 heterocycles. The first-order valence-electron chi connectivity index (χ1n) is 10.7. The van der Waals surface area contributed by atoms with Crippen molar-refractivity contribution in [2.45, 2.75) is 13.3 Å².